The van der Waals surface area contributed by atoms with Gasteiger partial charge < -0.3 is 10.1 Å². The summed E-state index contributed by atoms with van der Waals surface area (Å²) in [7, 11) is -2.01. The molecule has 0 aliphatic rings. The normalized spacial score (nSPS) is 12.3. The van der Waals surface area contributed by atoms with E-state index in [0.29, 0.717) is 12.1 Å². The highest BCUT2D eigenvalue weighted by molar-refractivity contribution is 7.92. The van der Waals surface area contributed by atoms with Gasteiger partial charge in [-0.25, -0.2) is 8.42 Å². The van der Waals surface area contributed by atoms with E-state index in [-0.39, 0.29) is 18.5 Å². The number of hydrogen-bond acceptors (Lipinski definition) is 4. The Balaban J connectivity index is 2.20. The summed E-state index contributed by atoms with van der Waals surface area (Å²) in [6, 6.07) is 12.7. The molecule has 1 N–H and O–H groups in total. The van der Waals surface area contributed by atoms with Gasteiger partial charge in [0.1, 0.15) is 12.3 Å². The number of rotatable bonds is 8. The van der Waals surface area contributed by atoms with E-state index in [0.717, 1.165) is 33.0 Å². The third-order valence-corrected chi connectivity index (χ3v) is 5.58. The summed E-state index contributed by atoms with van der Waals surface area (Å²) in [5.41, 5.74) is 3.31. The zero-order valence-electron chi connectivity index (χ0n) is 17.0. The van der Waals surface area contributed by atoms with Crippen molar-refractivity contribution >= 4 is 21.6 Å². The van der Waals surface area contributed by atoms with Gasteiger partial charge in [-0.3, -0.25) is 9.10 Å². The second kappa shape index (κ2) is 9.10. The molecule has 0 radical (unpaired) electrons. The van der Waals surface area contributed by atoms with Crippen molar-refractivity contribution in [2.75, 3.05) is 24.2 Å². The summed E-state index contributed by atoms with van der Waals surface area (Å²) in [6.45, 7) is 5.49. The molecule has 0 heterocycles. The molecule has 7 heteroatoms. The quantitative estimate of drug-likeness (QED) is 0.732. The number of carbonyl (C=O) groups is 1. The van der Waals surface area contributed by atoms with Gasteiger partial charge in [-0.15, -0.1) is 0 Å². The van der Waals surface area contributed by atoms with Crippen LogP contribution >= 0.6 is 0 Å². The van der Waals surface area contributed by atoms with Gasteiger partial charge in [-0.05, 0) is 61.2 Å². The molecule has 1 amide bonds. The highest BCUT2D eigenvalue weighted by Crippen LogP contribution is 2.23. The van der Waals surface area contributed by atoms with Crippen LogP contribution in [0.2, 0.25) is 0 Å². The van der Waals surface area contributed by atoms with Gasteiger partial charge in [0.25, 0.3) is 0 Å². The number of sulfonamides is 1. The highest BCUT2D eigenvalue weighted by atomic mass is 32.2. The molecule has 0 saturated carbocycles. The fraction of sp³-hybridized carbons (Fsp3) is 0.381. The molecule has 2 aromatic carbocycles. The Hall–Kier alpha value is -2.54. The molecule has 2 rings (SSSR count). The van der Waals surface area contributed by atoms with Crippen LogP contribution in [0.3, 0.4) is 0 Å². The molecule has 0 fully saturated rings. The largest absolute Gasteiger partial charge is 0.497 e. The number of anilines is 1. The lowest BCUT2D eigenvalue weighted by atomic mass is 10.0. The van der Waals surface area contributed by atoms with Gasteiger partial charge >= 0.3 is 0 Å². The number of benzene rings is 2. The third kappa shape index (κ3) is 5.73. The summed E-state index contributed by atoms with van der Waals surface area (Å²) in [6.07, 6.45) is 1.79. The van der Waals surface area contributed by atoms with Crippen molar-refractivity contribution in [3.05, 3.63) is 59.2 Å². The van der Waals surface area contributed by atoms with Gasteiger partial charge in [0.2, 0.25) is 15.9 Å². The molecular weight excluding hydrogens is 376 g/mol. The smallest absolute Gasteiger partial charge is 0.241 e. The topological polar surface area (TPSA) is 75.7 Å². The first-order valence-corrected chi connectivity index (χ1v) is 11.0. The van der Waals surface area contributed by atoms with Crippen LogP contribution in [-0.2, 0) is 14.8 Å². The first kappa shape index (κ1) is 21.8. The zero-order valence-corrected chi connectivity index (χ0v) is 17.8. The van der Waals surface area contributed by atoms with Crippen LogP contribution in [-0.4, -0.2) is 34.2 Å². The molecule has 0 aliphatic heterocycles. The average Bonchev–Trinajstić information content (AvgIpc) is 2.62. The lowest BCUT2D eigenvalue weighted by Crippen LogP contribution is -2.41. The minimum Gasteiger partial charge on any atom is -0.497 e. The molecule has 1 atom stereocenters. The molecule has 2 aromatic rings. The Morgan fingerprint density at radius 2 is 1.68 bits per heavy atom. The average molecular weight is 405 g/mol. The molecule has 0 saturated heterocycles. The lowest BCUT2D eigenvalue weighted by molar-refractivity contribution is -0.120. The maximum Gasteiger partial charge on any atom is 0.241 e. The summed E-state index contributed by atoms with van der Waals surface area (Å²) in [5, 5.41) is 2.94. The molecule has 152 valence electrons. The van der Waals surface area contributed by atoms with Gasteiger partial charge in [0, 0.05) is 0 Å². The van der Waals surface area contributed by atoms with E-state index < -0.39 is 10.0 Å². The first-order chi connectivity index (χ1) is 13.1. The van der Waals surface area contributed by atoms with Crippen LogP contribution in [0.25, 0.3) is 0 Å². The van der Waals surface area contributed by atoms with Crippen molar-refractivity contribution in [3.63, 3.8) is 0 Å². The Labute approximate surface area is 167 Å². The first-order valence-electron chi connectivity index (χ1n) is 9.13. The predicted octanol–water partition coefficient (Wildman–Crippen LogP) is 3.35. The van der Waals surface area contributed by atoms with Crippen molar-refractivity contribution in [2.24, 2.45) is 0 Å². The Morgan fingerprint density at radius 1 is 1.11 bits per heavy atom. The zero-order chi connectivity index (χ0) is 20.9. The van der Waals surface area contributed by atoms with Gasteiger partial charge in [0.05, 0.1) is 25.1 Å². The number of aryl methyl sites for hydroxylation is 2. The summed E-state index contributed by atoms with van der Waals surface area (Å²) >= 11 is 0. The minimum absolute atomic E-state index is 0.209. The maximum atomic E-state index is 12.7. The standard InChI is InChI=1S/C21H28N2O4S/c1-6-20(17-7-9-19(27-4)10-8-17)22-21(24)14-23(28(5,25)26)18-12-15(2)11-16(3)13-18/h7-13,20H,6,14H2,1-5H3,(H,22,24)/t20-/m1/s1. The number of carbonyl (C=O) groups excluding carboxylic acids is 1. The van der Waals surface area contributed by atoms with Gasteiger partial charge in [-0.1, -0.05) is 25.1 Å². The van der Waals surface area contributed by atoms with Crippen LogP contribution in [0.1, 0.15) is 36.1 Å². The number of nitrogens with zero attached hydrogens (tertiary/aromatic N) is 1. The SMILES string of the molecule is CC[C@@H](NC(=O)CN(c1cc(C)cc(C)c1)S(C)(=O)=O)c1ccc(OC)cc1. The monoisotopic (exact) mass is 404 g/mol. The van der Waals surface area contributed by atoms with Crippen LogP contribution in [0, 0.1) is 13.8 Å². The number of methoxy groups -OCH3 is 1. The van der Waals surface area contributed by atoms with Crippen molar-refractivity contribution in [1.29, 1.82) is 0 Å². The Bertz CT molecular complexity index is 904. The van der Waals surface area contributed by atoms with Crippen LogP contribution in [0.15, 0.2) is 42.5 Å². The molecular formula is C21H28N2O4S. The molecule has 0 aliphatic carbocycles. The third-order valence-electron chi connectivity index (χ3n) is 4.44. The van der Waals surface area contributed by atoms with E-state index in [4.69, 9.17) is 4.74 Å². The fourth-order valence-corrected chi connectivity index (χ4v) is 3.96. The minimum atomic E-state index is -3.61. The van der Waals surface area contributed by atoms with Crippen molar-refractivity contribution in [3.8, 4) is 5.75 Å². The van der Waals surface area contributed by atoms with E-state index in [1.807, 2.05) is 51.1 Å². The molecule has 0 aromatic heterocycles. The van der Waals surface area contributed by atoms with Crippen molar-refractivity contribution in [1.82, 2.24) is 5.32 Å². The molecule has 28 heavy (non-hydrogen) atoms. The summed E-state index contributed by atoms with van der Waals surface area (Å²) in [5.74, 6) is 0.384. The number of hydrogen-bond donors (Lipinski definition) is 1. The van der Waals surface area contributed by atoms with E-state index in [2.05, 4.69) is 5.32 Å². The van der Waals surface area contributed by atoms with Crippen molar-refractivity contribution in [2.45, 2.75) is 33.2 Å². The Kier molecular flexibility index (Phi) is 7.07. The summed E-state index contributed by atoms with van der Waals surface area (Å²) in [4.78, 5) is 12.7. The summed E-state index contributed by atoms with van der Waals surface area (Å²) < 4.78 is 30.9. The highest BCUT2D eigenvalue weighted by Gasteiger charge is 2.23. The van der Waals surface area contributed by atoms with E-state index in [1.165, 1.54) is 0 Å². The van der Waals surface area contributed by atoms with Gasteiger partial charge in [-0.2, -0.15) is 0 Å². The number of amides is 1. The van der Waals surface area contributed by atoms with Gasteiger partial charge in [0.15, 0.2) is 0 Å². The predicted molar refractivity (Wildman–Crippen MR) is 112 cm³/mol. The van der Waals surface area contributed by atoms with E-state index >= 15 is 0 Å². The Morgan fingerprint density at radius 3 is 2.14 bits per heavy atom. The van der Waals surface area contributed by atoms with Crippen molar-refractivity contribution < 1.29 is 17.9 Å². The number of ether oxygens (including phenoxy) is 1. The van der Waals surface area contributed by atoms with E-state index in [9.17, 15) is 13.2 Å². The van der Waals surface area contributed by atoms with Crippen LogP contribution < -0.4 is 14.4 Å². The second-order valence-electron chi connectivity index (χ2n) is 6.92. The van der Waals surface area contributed by atoms with Crippen LogP contribution in [0.5, 0.6) is 5.75 Å². The second-order valence-corrected chi connectivity index (χ2v) is 8.82. The molecule has 6 nitrogen and oxygen atoms in total. The number of nitrogens with one attached hydrogen (secondary N) is 1. The lowest BCUT2D eigenvalue weighted by Gasteiger charge is -2.25. The molecule has 0 spiro atoms. The molecule has 0 unspecified atom stereocenters. The van der Waals surface area contributed by atoms with Crippen LogP contribution in [0.4, 0.5) is 5.69 Å². The molecule has 0 bridgehead atoms. The maximum absolute atomic E-state index is 12.7. The fourth-order valence-electron chi connectivity index (χ4n) is 3.12. The van der Waals surface area contributed by atoms with E-state index in [1.54, 1.807) is 19.2 Å².